The Bertz CT molecular complexity index is 722. The van der Waals surface area contributed by atoms with Crippen molar-refractivity contribution in [2.75, 3.05) is 0 Å². The molecule has 2 rings (SSSR count). The molecular formula is C12HBr9. The Kier molecular flexibility index (Phi) is 7.62. The summed E-state index contributed by atoms with van der Waals surface area (Å²) in [4.78, 5) is 0. The van der Waals surface area contributed by atoms with Crippen LogP contribution in [0.25, 0.3) is 11.1 Å². The van der Waals surface area contributed by atoms with Gasteiger partial charge >= 0.3 is 0 Å². The van der Waals surface area contributed by atoms with E-state index in [1.807, 2.05) is 6.07 Å². The number of rotatable bonds is 1. The van der Waals surface area contributed by atoms with Crippen molar-refractivity contribution >= 4 is 143 Å². The quantitative estimate of drug-likeness (QED) is 0.198. The molecule has 0 nitrogen and oxygen atoms in total. The van der Waals surface area contributed by atoms with Crippen LogP contribution in [0.3, 0.4) is 0 Å². The molecule has 0 fully saturated rings. The molecule has 0 heterocycles. The smallest absolute Gasteiger partial charge is 0.0482 e. The number of hydrogen-bond donors (Lipinski definition) is 0. The maximum Gasteiger partial charge on any atom is 0.0482 e. The minimum absolute atomic E-state index is 0.936. The molecule has 0 amide bonds. The maximum absolute atomic E-state index is 3.67. The molecule has 2 aromatic rings. The predicted molar refractivity (Wildman–Crippen MR) is 121 cm³/mol. The van der Waals surface area contributed by atoms with Gasteiger partial charge in [-0.05, 0) is 134 Å². The Hall–Kier alpha value is 2.76. The Balaban J connectivity index is 2.96. The van der Waals surface area contributed by atoms with Crippen LogP contribution in [0.5, 0.6) is 0 Å². The summed E-state index contributed by atoms with van der Waals surface area (Å²) < 4.78 is 8.53. The zero-order valence-electron chi connectivity index (χ0n) is 9.48. The fourth-order valence-electron chi connectivity index (χ4n) is 1.62. The zero-order valence-corrected chi connectivity index (χ0v) is 23.8. The van der Waals surface area contributed by atoms with Crippen molar-refractivity contribution in [2.45, 2.75) is 0 Å². The number of benzene rings is 2. The Morgan fingerprint density at radius 1 is 0.381 bits per heavy atom. The van der Waals surface area contributed by atoms with Gasteiger partial charge in [0, 0.05) is 51.4 Å². The lowest BCUT2D eigenvalue weighted by atomic mass is 10.1. The second-order valence-corrected chi connectivity index (χ2v) is 11.0. The van der Waals surface area contributed by atoms with Crippen molar-refractivity contribution in [3.63, 3.8) is 0 Å². The summed E-state index contributed by atoms with van der Waals surface area (Å²) in [7, 11) is 0. The van der Waals surface area contributed by atoms with Gasteiger partial charge < -0.3 is 0 Å². The Morgan fingerprint density at radius 3 is 1.24 bits per heavy atom. The summed E-state index contributed by atoms with van der Waals surface area (Å²) in [5.74, 6) is 0. The van der Waals surface area contributed by atoms with Crippen LogP contribution in [0.1, 0.15) is 0 Å². The molecule has 0 N–H and O–H groups in total. The Morgan fingerprint density at radius 2 is 0.762 bits per heavy atom. The van der Waals surface area contributed by atoms with Crippen LogP contribution in [0.15, 0.2) is 46.3 Å². The molecule has 112 valence electrons. The van der Waals surface area contributed by atoms with E-state index < -0.39 is 0 Å². The third kappa shape index (κ3) is 3.81. The monoisotopic (exact) mass is 855 g/mol. The molecule has 0 saturated heterocycles. The molecule has 21 heavy (non-hydrogen) atoms. The van der Waals surface area contributed by atoms with Gasteiger partial charge in [0.1, 0.15) is 0 Å². The number of hydrogen-bond acceptors (Lipinski definition) is 0. The first-order chi connectivity index (χ1) is 9.68. The maximum atomic E-state index is 3.67. The standard InChI is InChI=1S/C12HBr9/c13-2-1-3(14)6(15)7(16)4(2)5-8(17)10(19)12(21)11(20)9(5)18/h1H. The van der Waals surface area contributed by atoms with E-state index in [2.05, 4.69) is 143 Å². The van der Waals surface area contributed by atoms with E-state index in [1.165, 1.54) is 0 Å². The second-order valence-electron chi connectivity index (χ2n) is 3.79. The molecule has 0 aromatic heterocycles. The zero-order chi connectivity index (χ0) is 16.1. The fraction of sp³-hybridized carbons (Fsp3) is 0. The van der Waals surface area contributed by atoms with Crippen LogP contribution in [0, 0.1) is 0 Å². The molecular weight excluding hydrogens is 863 g/mol. The van der Waals surface area contributed by atoms with Crippen LogP contribution < -0.4 is 0 Å². The highest BCUT2D eigenvalue weighted by Crippen LogP contribution is 2.53. The summed E-state index contributed by atoms with van der Waals surface area (Å²) in [6.07, 6.45) is 0. The molecule has 0 unspecified atom stereocenters. The van der Waals surface area contributed by atoms with E-state index >= 15 is 0 Å². The van der Waals surface area contributed by atoms with Crippen molar-refractivity contribution in [2.24, 2.45) is 0 Å². The van der Waals surface area contributed by atoms with E-state index in [4.69, 9.17) is 0 Å². The van der Waals surface area contributed by atoms with Crippen molar-refractivity contribution < 1.29 is 0 Å². The van der Waals surface area contributed by atoms with Gasteiger partial charge in [0.2, 0.25) is 0 Å². The third-order valence-electron chi connectivity index (χ3n) is 2.57. The molecule has 0 aliphatic rings. The van der Waals surface area contributed by atoms with Crippen molar-refractivity contribution in [3.8, 4) is 11.1 Å². The minimum atomic E-state index is 0.936. The molecule has 0 saturated carbocycles. The summed E-state index contributed by atoms with van der Waals surface area (Å²) in [6, 6.07) is 2.01. The molecule has 0 aliphatic carbocycles. The molecule has 0 radical (unpaired) electrons. The highest BCUT2D eigenvalue weighted by molar-refractivity contribution is 9.16. The van der Waals surface area contributed by atoms with Crippen molar-refractivity contribution in [1.82, 2.24) is 0 Å². The van der Waals surface area contributed by atoms with E-state index in [-0.39, 0.29) is 0 Å². The lowest BCUT2D eigenvalue weighted by Gasteiger charge is -2.18. The topological polar surface area (TPSA) is 0 Å². The normalized spacial score (nSPS) is 11.1. The SMILES string of the molecule is Brc1cc(Br)c(-c2c(Br)c(Br)c(Br)c(Br)c2Br)c(Br)c1Br. The van der Waals surface area contributed by atoms with E-state index in [9.17, 15) is 0 Å². The van der Waals surface area contributed by atoms with Crippen LogP contribution in [-0.4, -0.2) is 0 Å². The van der Waals surface area contributed by atoms with E-state index in [1.54, 1.807) is 0 Å². The molecule has 0 atom stereocenters. The highest BCUT2D eigenvalue weighted by atomic mass is 79.9. The fourth-order valence-corrected chi connectivity index (χ4v) is 7.89. The van der Waals surface area contributed by atoms with Gasteiger partial charge in [-0.3, -0.25) is 0 Å². The van der Waals surface area contributed by atoms with Crippen LogP contribution in [0.4, 0.5) is 0 Å². The van der Waals surface area contributed by atoms with Gasteiger partial charge in [-0.15, -0.1) is 0 Å². The van der Waals surface area contributed by atoms with E-state index in [0.717, 1.165) is 51.4 Å². The van der Waals surface area contributed by atoms with E-state index in [0.29, 0.717) is 0 Å². The largest absolute Gasteiger partial charge is 0.0501 e. The highest BCUT2D eigenvalue weighted by Gasteiger charge is 2.23. The number of halogens is 9. The minimum Gasteiger partial charge on any atom is -0.0501 e. The third-order valence-corrected chi connectivity index (χ3v) is 12.6. The summed E-state index contributed by atoms with van der Waals surface area (Å²) in [5, 5.41) is 0. The molecule has 0 spiro atoms. The first-order valence-electron chi connectivity index (χ1n) is 5.03. The van der Waals surface area contributed by atoms with Gasteiger partial charge in [0.25, 0.3) is 0 Å². The average molecular weight is 864 g/mol. The van der Waals surface area contributed by atoms with Crippen molar-refractivity contribution in [1.29, 1.82) is 0 Å². The van der Waals surface area contributed by atoms with Gasteiger partial charge in [-0.25, -0.2) is 0 Å². The first-order valence-corrected chi connectivity index (χ1v) is 12.2. The van der Waals surface area contributed by atoms with Crippen molar-refractivity contribution in [3.05, 3.63) is 46.3 Å². The summed E-state index contributed by atoms with van der Waals surface area (Å²) >= 11 is 32.5. The lowest BCUT2D eigenvalue weighted by molar-refractivity contribution is 1.41. The molecule has 9 heteroatoms. The van der Waals surface area contributed by atoms with Crippen LogP contribution in [0.2, 0.25) is 0 Å². The molecule has 0 bridgehead atoms. The average Bonchev–Trinajstić information content (AvgIpc) is 2.44. The molecule has 0 aliphatic heterocycles. The second kappa shape index (κ2) is 7.98. The van der Waals surface area contributed by atoms with Gasteiger partial charge in [-0.2, -0.15) is 0 Å². The van der Waals surface area contributed by atoms with Gasteiger partial charge in [0.15, 0.2) is 0 Å². The molecule has 2 aromatic carbocycles. The van der Waals surface area contributed by atoms with Crippen LogP contribution >= 0.6 is 143 Å². The Labute approximate surface area is 197 Å². The first kappa shape index (κ1) is 20.1. The predicted octanol–water partition coefficient (Wildman–Crippen LogP) is 10.2. The summed E-state index contributed by atoms with van der Waals surface area (Å²) in [6.45, 7) is 0. The van der Waals surface area contributed by atoms with Crippen LogP contribution in [-0.2, 0) is 0 Å². The summed E-state index contributed by atoms with van der Waals surface area (Å²) in [5.41, 5.74) is 2.04. The van der Waals surface area contributed by atoms with Gasteiger partial charge in [0.05, 0.1) is 0 Å². The lowest BCUT2D eigenvalue weighted by Crippen LogP contribution is -1.92. The van der Waals surface area contributed by atoms with Gasteiger partial charge in [-0.1, -0.05) is 15.9 Å².